The molecule has 2 aromatic carbocycles. The first-order valence-corrected chi connectivity index (χ1v) is 24.0. The number of hydrogen-bond donors (Lipinski definition) is 5. The van der Waals surface area contributed by atoms with Crippen LogP contribution in [0.4, 0.5) is 11.4 Å². The molecule has 5 N–H and O–H groups in total. The molecule has 2 aromatic rings. The molecule has 0 spiro atoms. The standard InChI is InChI=1S/C30H50O.C18H22N2S.C4H6O6/c1-20(2)10-9-11-21(3)22-14-18-30(8)24-12-13-25-27(4,5)26(31)16-17-28(25,6)23(24)15-19-29(22,30)7;1-14(12-19(2)3)13-20-15-8-4-6-10-17(15)21-18-11-7-5-9-16(18)20;5-1(3(7)8)2(6)4(9)10/h10,21-22,25-26,31H,9,11-19H2,1-8H3;4-11,14H,12-13H2,1-3H3;1-2,5-6H,(H,7,8)(H,9,10). The average molecular weight is 875 g/mol. The molecule has 0 radical (unpaired) electrons. The zero-order chi connectivity index (χ0) is 45.9. The van der Waals surface area contributed by atoms with Crippen molar-refractivity contribution in [2.75, 3.05) is 32.1 Å². The molecule has 344 valence electrons. The molecule has 2 saturated carbocycles. The number of aliphatic carboxylic acids is 2. The van der Waals surface area contributed by atoms with E-state index in [0.29, 0.717) is 28.1 Å². The molecule has 1 heterocycles. The summed E-state index contributed by atoms with van der Waals surface area (Å²) < 4.78 is 0. The van der Waals surface area contributed by atoms with E-state index in [4.69, 9.17) is 20.4 Å². The van der Waals surface area contributed by atoms with Crippen molar-refractivity contribution in [3.63, 3.8) is 0 Å². The second kappa shape index (κ2) is 19.9. The third-order valence-electron chi connectivity index (χ3n) is 16.2. The van der Waals surface area contributed by atoms with E-state index in [9.17, 15) is 14.7 Å². The van der Waals surface area contributed by atoms with Crippen molar-refractivity contribution in [1.29, 1.82) is 0 Å². The topological polar surface area (TPSA) is 142 Å². The lowest BCUT2D eigenvalue weighted by molar-refractivity contribution is -0.165. The molecule has 9 nitrogen and oxygen atoms in total. The first kappa shape index (κ1) is 49.9. The van der Waals surface area contributed by atoms with Crippen LogP contribution in [-0.2, 0) is 9.59 Å². The van der Waals surface area contributed by atoms with Gasteiger partial charge in [0.15, 0.2) is 12.2 Å². The summed E-state index contributed by atoms with van der Waals surface area (Å²) in [5, 5.41) is 43.3. The molecule has 62 heavy (non-hydrogen) atoms. The first-order chi connectivity index (χ1) is 29.0. The van der Waals surface area contributed by atoms with Crippen LogP contribution in [0.25, 0.3) is 0 Å². The number of carboxylic acids is 2. The fourth-order valence-electron chi connectivity index (χ4n) is 12.7. The van der Waals surface area contributed by atoms with E-state index in [-0.39, 0.29) is 11.5 Å². The van der Waals surface area contributed by atoms with Crippen molar-refractivity contribution in [3.05, 3.63) is 71.3 Å². The van der Waals surface area contributed by atoms with Crippen molar-refractivity contribution in [2.24, 2.45) is 45.3 Å². The maximum absolute atomic E-state index is 10.8. The number of anilines is 2. The number of carboxylic acid groups (broad SMARTS) is 2. The molecule has 5 aliphatic rings. The number of hydrogen-bond acceptors (Lipinski definition) is 8. The molecule has 2 fully saturated rings. The lowest BCUT2D eigenvalue weighted by Gasteiger charge is -2.62. The van der Waals surface area contributed by atoms with Gasteiger partial charge in [-0.3, -0.25) is 0 Å². The molecule has 7 rings (SSSR count). The molecule has 1 aliphatic heterocycles. The van der Waals surface area contributed by atoms with Crippen LogP contribution in [0.1, 0.15) is 127 Å². The Morgan fingerprint density at radius 3 is 1.92 bits per heavy atom. The number of fused-ring (bicyclic) bond motifs is 6. The van der Waals surface area contributed by atoms with E-state index in [0.717, 1.165) is 31.3 Å². The maximum Gasteiger partial charge on any atom is 0.335 e. The van der Waals surface area contributed by atoms with Crippen molar-refractivity contribution < 1.29 is 35.1 Å². The maximum atomic E-state index is 10.8. The number of allylic oxidation sites excluding steroid dienone is 4. The van der Waals surface area contributed by atoms with Crippen molar-refractivity contribution in [1.82, 2.24) is 4.90 Å². The summed E-state index contributed by atoms with van der Waals surface area (Å²) in [5.41, 5.74) is 9.09. The SMILES string of the molecule is CC(C)=CCCC(C)C1CCC2(C)C3=C(CCC12C)C1(C)CCC(O)C(C)(C)C1CC3.CC(CN(C)C)CN1c2ccccc2Sc2ccccc21.O=C(O)C(O)C(O)C(=O)O. The van der Waals surface area contributed by atoms with Crippen LogP contribution in [0.15, 0.2) is 81.1 Å². The van der Waals surface area contributed by atoms with E-state index >= 15 is 0 Å². The van der Waals surface area contributed by atoms with Crippen LogP contribution in [0.3, 0.4) is 0 Å². The zero-order valence-corrected chi connectivity index (χ0v) is 40.4. The third kappa shape index (κ3) is 10.0. The molecule has 4 aliphatic carbocycles. The second-order valence-corrected chi connectivity index (χ2v) is 22.2. The highest BCUT2D eigenvalue weighted by molar-refractivity contribution is 7.99. The van der Waals surface area contributed by atoms with E-state index < -0.39 is 24.1 Å². The monoisotopic (exact) mass is 875 g/mol. The van der Waals surface area contributed by atoms with Gasteiger partial charge < -0.3 is 35.3 Å². The van der Waals surface area contributed by atoms with E-state index in [1.807, 2.05) is 22.9 Å². The summed E-state index contributed by atoms with van der Waals surface area (Å²) in [6, 6.07) is 17.4. The second-order valence-electron chi connectivity index (χ2n) is 21.2. The van der Waals surface area contributed by atoms with Gasteiger partial charge in [0.1, 0.15) is 0 Å². The predicted octanol–water partition coefficient (Wildman–Crippen LogP) is 10.8. The van der Waals surface area contributed by atoms with Crippen LogP contribution in [0.2, 0.25) is 0 Å². The Bertz CT molecular complexity index is 1890. The highest BCUT2D eigenvalue weighted by Gasteiger charge is 2.63. The predicted molar refractivity (Wildman–Crippen MR) is 252 cm³/mol. The quantitative estimate of drug-likeness (QED) is 0.139. The number of rotatable bonds is 11. The Kier molecular flexibility index (Phi) is 16.0. The number of benzene rings is 2. The molecule has 10 heteroatoms. The normalized spacial score (nSPS) is 30.0. The number of carbonyl (C=O) groups is 2. The molecule has 0 amide bonds. The van der Waals surface area contributed by atoms with Gasteiger partial charge in [-0.05, 0) is 162 Å². The minimum Gasteiger partial charge on any atom is -0.479 e. The van der Waals surface area contributed by atoms with Gasteiger partial charge in [-0.25, -0.2) is 9.59 Å². The largest absolute Gasteiger partial charge is 0.479 e. The van der Waals surface area contributed by atoms with Crippen molar-refractivity contribution in [3.8, 4) is 0 Å². The summed E-state index contributed by atoms with van der Waals surface area (Å²) >= 11 is 1.88. The Hall–Kier alpha value is -3.15. The lowest BCUT2D eigenvalue weighted by Crippen LogP contribution is -2.55. The van der Waals surface area contributed by atoms with Crippen LogP contribution in [-0.4, -0.2) is 87.9 Å². The first-order valence-electron chi connectivity index (χ1n) is 23.1. The molecular formula is C52H78N2O7S. The smallest absolute Gasteiger partial charge is 0.335 e. The van der Waals surface area contributed by atoms with Gasteiger partial charge in [0.05, 0.1) is 17.5 Å². The summed E-state index contributed by atoms with van der Waals surface area (Å²) in [7, 11) is 4.29. The van der Waals surface area contributed by atoms with Crippen LogP contribution in [0.5, 0.6) is 0 Å². The van der Waals surface area contributed by atoms with E-state index in [1.54, 1.807) is 0 Å². The van der Waals surface area contributed by atoms with E-state index in [2.05, 4.69) is 141 Å². The van der Waals surface area contributed by atoms with Gasteiger partial charge >= 0.3 is 11.9 Å². The molecule has 0 saturated heterocycles. The molecule has 0 aromatic heterocycles. The van der Waals surface area contributed by atoms with Gasteiger partial charge in [-0.15, -0.1) is 0 Å². The average Bonchev–Trinajstić information content (AvgIpc) is 3.49. The van der Waals surface area contributed by atoms with Crippen molar-refractivity contribution in [2.45, 2.75) is 155 Å². The van der Waals surface area contributed by atoms with Crippen LogP contribution >= 0.6 is 11.8 Å². The minimum atomic E-state index is -2.27. The molecule has 10 unspecified atom stereocenters. The Balaban J connectivity index is 0.000000201. The summed E-state index contributed by atoms with van der Waals surface area (Å²) in [4.78, 5) is 27.0. The minimum absolute atomic E-state index is 0.0465. The van der Waals surface area contributed by atoms with Crippen molar-refractivity contribution >= 4 is 35.1 Å². The Morgan fingerprint density at radius 2 is 1.39 bits per heavy atom. The number of aliphatic hydroxyl groups is 3. The highest BCUT2D eigenvalue weighted by atomic mass is 32.2. The third-order valence-corrected chi connectivity index (χ3v) is 17.3. The number of para-hydroxylation sites is 2. The molecule has 10 atom stereocenters. The summed E-state index contributed by atoms with van der Waals surface area (Å²) in [5.74, 6) is -0.600. The van der Waals surface area contributed by atoms with Crippen LogP contribution < -0.4 is 4.90 Å². The summed E-state index contributed by atoms with van der Waals surface area (Å²) in [6.07, 6.45) is 10.6. The zero-order valence-electron chi connectivity index (χ0n) is 39.6. The Labute approximate surface area is 377 Å². The van der Waals surface area contributed by atoms with E-state index in [1.165, 1.54) is 84.5 Å². The highest BCUT2D eigenvalue weighted by Crippen LogP contribution is 2.72. The van der Waals surface area contributed by atoms with Gasteiger partial charge in [0.2, 0.25) is 0 Å². The van der Waals surface area contributed by atoms with Gasteiger partial charge in [0, 0.05) is 22.9 Å². The molecule has 0 bridgehead atoms. The Morgan fingerprint density at radius 1 is 0.823 bits per heavy atom. The lowest BCUT2D eigenvalue weighted by atomic mass is 9.43. The van der Waals surface area contributed by atoms with Gasteiger partial charge in [-0.2, -0.15) is 0 Å². The van der Waals surface area contributed by atoms with Gasteiger partial charge in [0.25, 0.3) is 0 Å². The van der Waals surface area contributed by atoms with Crippen LogP contribution in [0, 0.1) is 45.3 Å². The fourth-order valence-corrected chi connectivity index (χ4v) is 13.8. The fraction of sp³-hybridized carbons (Fsp3) is 0.654. The number of aliphatic hydroxyl groups excluding tert-OH is 3. The van der Waals surface area contributed by atoms with Gasteiger partial charge in [-0.1, -0.05) is 107 Å². The molecular weight excluding hydrogens is 797 g/mol. The number of nitrogens with zero attached hydrogens (tertiary/aromatic N) is 2. The summed E-state index contributed by atoms with van der Waals surface area (Å²) in [6.45, 7) is 24.1.